The van der Waals surface area contributed by atoms with E-state index in [0.717, 1.165) is 44.7 Å². The Morgan fingerprint density at radius 2 is 1.44 bits per heavy atom. The predicted molar refractivity (Wildman–Crippen MR) is 104 cm³/mol. The van der Waals surface area contributed by atoms with E-state index < -0.39 is 0 Å². The van der Waals surface area contributed by atoms with Crippen LogP contribution < -0.4 is 10.5 Å². The normalized spacial score (nSPS) is 10.8. The van der Waals surface area contributed by atoms with Crippen LogP contribution in [0.5, 0.6) is 5.75 Å². The summed E-state index contributed by atoms with van der Waals surface area (Å²) in [6.45, 7) is 0. The maximum Gasteiger partial charge on any atom is 0.118 e. The lowest BCUT2D eigenvalue weighted by Gasteiger charge is -2.15. The average molecular weight is 326 g/mol. The number of nitrogens with two attached hydrogens (primary N) is 1. The number of nitrogen functional groups attached to an aromatic ring is 1. The first-order chi connectivity index (χ1) is 12.3. The second-order valence-corrected chi connectivity index (χ2v) is 5.86. The fourth-order valence-electron chi connectivity index (χ4n) is 3.09. The van der Waals surface area contributed by atoms with E-state index in [4.69, 9.17) is 15.5 Å². The van der Waals surface area contributed by atoms with E-state index in [0.29, 0.717) is 0 Å². The number of hydrogen-bond donors (Lipinski definition) is 1. The quantitative estimate of drug-likeness (QED) is 0.566. The third-order valence-corrected chi connectivity index (χ3v) is 4.36. The van der Waals surface area contributed by atoms with E-state index in [1.165, 1.54) is 0 Å². The largest absolute Gasteiger partial charge is 0.497 e. The number of rotatable bonds is 3. The molecule has 0 spiro atoms. The van der Waals surface area contributed by atoms with Crippen LogP contribution in [0, 0.1) is 0 Å². The minimum Gasteiger partial charge on any atom is -0.497 e. The molecule has 0 aliphatic heterocycles. The number of anilines is 1. The van der Waals surface area contributed by atoms with E-state index in [9.17, 15) is 0 Å². The summed E-state index contributed by atoms with van der Waals surface area (Å²) in [5.41, 5.74) is 12.1. The molecule has 1 aromatic heterocycles. The Balaban J connectivity index is 2.04. The van der Waals surface area contributed by atoms with Crippen LogP contribution >= 0.6 is 0 Å². The molecule has 1 heterocycles. The van der Waals surface area contributed by atoms with Crippen LogP contribution in [0.25, 0.3) is 33.3 Å². The number of fused-ring (bicyclic) bond motifs is 1. The zero-order chi connectivity index (χ0) is 17.2. The van der Waals surface area contributed by atoms with Gasteiger partial charge >= 0.3 is 0 Å². The molecule has 0 saturated heterocycles. The minimum absolute atomic E-state index is 0.752. The standard InChI is InChI=1S/C22H18N2O/c1-25-17-13-11-16(12-14-17)22-20(15-7-3-2-4-8-15)21(23)18-9-5-6-10-19(18)24-22/h2-14H,1H3,(H2,23,24). The van der Waals surface area contributed by atoms with Gasteiger partial charge in [-0.2, -0.15) is 0 Å². The summed E-state index contributed by atoms with van der Waals surface area (Å²) in [5.74, 6) is 0.818. The van der Waals surface area contributed by atoms with Gasteiger partial charge in [-0.05, 0) is 35.9 Å². The molecule has 0 aliphatic carbocycles. The predicted octanol–water partition coefficient (Wildman–Crippen LogP) is 5.16. The van der Waals surface area contributed by atoms with Crippen LogP contribution in [-0.4, -0.2) is 12.1 Å². The van der Waals surface area contributed by atoms with Crippen LogP contribution in [-0.2, 0) is 0 Å². The molecule has 0 saturated carbocycles. The summed E-state index contributed by atoms with van der Waals surface area (Å²) >= 11 is 0. The van der Waals surface area contributed by atoms with Gasteiger partial charge in [0, 0.05) is 16.5 Å². The number of para-hydroxylation sites is 1. The molecular weight excluding hydrogens is 308 g/mol. The summed E-state index contributed by atoms with van der Waals surface area (Å²) in [4.78, 5) is 4.92. The molecule has 0 radical (unpaired) electrons. The minimum atomic E-state index is 0.752. The Labute approximate surface area is 146 Å². The second-order valence-electron chi connectivity index (χ2n) is 5.86. The fraction of sp³-hybridized carbons (Fsp3) is 0.0455. The van der Waals surface area contributed by atoms with Gasteiger partial charge in [0.2, 0.25) is 0 Å². The number of ether oxygens (including phenoxy) is 1. The molecule has 0 aliphatic rings. The first kappa shape index (κ1) is 15.2. The molecule has 2 N–H and O–H groups in total. The molecule has 122 valence electrons. The van der Waals surface area contributed by atoms with Crippen molar-refractivity contribution < 1.29 is 4.74 Å². The molecule has 3 nitrogen and oxygen atoms in total. The van der Waals surface area contributed by atoms with E-state index in [-0.39, 0.29) is 0 Å². The van der Waals surface area contributed by atoms with Crippen molar-refractivity contribution >= 4 is 16.6 Å². The highest BCUT2D eigenvalue weighted by Crippen LogP contribution is 2.39. The molecule has 0 amide bonds. The van der Waals surface area contributed by atoms with Gasteiger partial charge in [0.1, 0.15) is 5.75 Å². The third-order valence-electron chi connectivity index (χ3n) is 4.36. The van der Waals surface area contributed by atoms with Crippen LogP contribution in [0.4, 0.5) is 5.69 Å². The molecule has 0 fully saturated rings. The first-order valence-electron chi connectivity index (χ1n) is 8.16. The number of aromatic nitrogens is 1. The Hall–Kier alpha value is -3.33. The maximum atomic E-state index is 6.58. The molecule has 0 bridgehead atoms. The first-order valence-corrected chi connectivity index (χ1v) is 8.16. The summed E-state index contributed by atoms with van der Waals surface area (Å²) in [7, 11) is 1.66. The Bertz CT molecular complexity index is 1030. The lowest BCUT2D eigenvalue weighted by molar-refractivity contribution is 0.415. The highest BCUT2D eigenvalue weighted by atomic mass is 16.5. The molecule has 3 aromatic carbocycles. The number of pyridine rings is 1. The van der Waals surface area contributed by atoms with E-state index in [1.807, 2.05) is 66.7 Å². The lowest BCUT2D eigenvalue weighted by atomic mass is 9.95. The van der Waals surface area contributed by atoms with Gasteiger partial charge < -0.3 is 10.5 Å². The Kier molecular flexibility index (Phi) is 3.82. The van der Waals surface area contributed by atoms with Gasteiger partial charge in [-0.15, -0.1) is 0 Å². The van der Waals surface area contributed by atoms with Gasteiger partial charge in [0.15, 0.2) is 0 Å². The molecule has 3 heteroatoms. The monoisotopic (exact) mass is 326 g/mol. The Morgan fingerprint density at radius 3 is 2.16 bits per heavy atom. The summed E-state index contributed by atoms with van der Waals surface area (Å²) in [5, 5.41) is 0.971. The van der Waals surface area contributed by atoms with Crippen molar-refractivity contribution in [3.05, 3.63) is 78.9 Å². The van der Waals surface area contributed by atoms with Gasteiger partial charge in [-0.3, -0.25) is 0 Å². The molecule has 0 unspecified atom stereocenters. The van der Waals surface area contributed by atoms with Gasteiger partial charge in [-0.25, -0.2) is 4.98 Å². The van der Waals surface area contributed by atoms with Crippen LogP contribution in [0.1, 0.15) is 0 Å². The maximum absolute atomic E-state index is 6.58. The number of nitrogens with zero attached hydrogens (tertiary/aromatic N) is 1. The van der Waals surface area contributed by atoms with Crippen molar-refractivity contribution in [1.29, 1.82) is 0 Å². The number of hydrogen-bond acceptors (Lipinski definition) is 3. The van der Waals surface area contributed by atoms with Crippen LogP contribution in [0.15, 0.2) is 78.9 Å². The van der Waals surface area contributed by atoms with Crippen LogP contribution in [0.3, 0.4) is 0 Å². The van der Waals surface area contributed by atoms with Crippen molar-refractivity contribution in [2.75, 3.05) is 12.8 Å². The summed E-state index contributed by atoms with van der Waals surface area (Å²) in [6, 6.07) is 26.1. The highest BCUT2D eigenvalue weighted by molar-refractivity contribution is 6.03. The summed E-state index contributed by atoms with van der Waals surface area (Å²) < 4.78 is 5.27. The zero-order valence-corrected chi connectivity index (χ0v) is 13.9. The zero-order valence-electron chi connectivity index (χ0n) is 13.9. The smallest absolute Gasteiger partial charge is 0.118 e. The van der Waals surface area contributed by atoms with Gasteiger partial charge in [-0.1, -0.05) is 48.5 Å². The lowest BCUT2D eigenvalue weighted by Crippen LogP contribution is -1.98. The molecular formula is C22H18N2O. The van der Waals surface area contributed by atoms with E-state index in [1.54, 1.807) is 7.11 Å². The number of benzene rings is 3. The SMILES string of the molecule is COc1ccc(-c2nc3ccccc3c(N)c2-c2ccccc2)cc1. The van der Waals surface area contributed by atoms with Gasteiger partial charge in [0.25, 0.3) is 0 Å². The van der Waals surface area contributed by atoms with Crippen molar-refractivity contribution in [3.8, 4) is 28.1 Å². The number of methoxy groups -OCH3 is 1. The van der Waals surface area contributed by atoms with Crippen molar-refractivity contribution in [2.45, 2.75) is 0 Å². The van der Waals surface area contributed by atoms with E-state index in [2.05, 4.69) is 12.1 Å². The summed E-state index contributed by atoms with van der Waals surface area (Å²) in [6.07, 6.45) is 0. The van der Waals surface area contributed by atoms with Gasteiger partial charge in [0.05, 0.1) is 24.0 Å². The van der Waals surface area contributed by atoms with Crippen molar-refractivity contribution in [3.63, 3.8) is 0 Å². The third kappa shape index (κ3) is 2.70. The molecule has 25 heavy (non-hydrogen) atoms. The highest BCUT2D eigenvalue weighted by Gasteiger charge is 2.16. The van der Waals surface area contributed by atoms with Crippen molar-refractivity contribution in [1.82, 2.24) is 4.98 Å². The topological polar surface area (TPSA) is 48.1 Å². The van der Waals surface area contributed by atoms with E-state index >= 15 is 0 Å². The van der Waals surface area contributed by atoms with Crippen LogP contribution in [0.2, 0.25) is 0 Å². The average Bonchev–Trinajstić information content (AvgIpc) is 2.69. The second kappa shape index (κ2) is 6.29. The molecule has 4 rings (SSSR count). The van der Waals surface area contributed by atoms with Crippen molar-refractivity contribution in [2.24, 2.45) is 0 Å². The Morgan fingerprint density at radius 1 is 0.760 bits per heavy atom. The fourth-order valence-corrected chi connectivity index (χ4v) is 3.09. The molecule has 0 atom stereocenters. The molecule has 4 aromatic rings.